The number of nitrogens with zero attached hydrogens (tertiary/aromatic N) is 6. The number of amides is 1. The molecule has 8 heteroatoms. The quantitative estimate of drug-likeness (QED) is 0.746. The average Bonchev–Trinajstić information content (AvgIpc) is 3.19. The number of carbonyl (C=O) groups excluding carboxylic acids is 1. The van der Waals surface area contributed by atoms with Crippen molar-refractivity contribution in [1.82, 2.24) is 34.7 Å². The minimum absolute atomic E-state index is 0.206. The summed E-state index contributed by atoms with van der Waals surface area (Å²) >= 11 is 0. The van der Waals surface area contributed by atoms with Crippen LogP contribution in [0.5, 0.6) is 0 Å². The van der Waals surface area contributed by atoms with Gasteiger partial charge in [0.1, 0.15) is 12.4 Å². The van der Waals surface area contributed by atoms with Crippen LogP contribution in [0.2, 0.25) is 0 Å². The zero-order valence-electron chi connectivity index (χ0n) is 12.5. The van der Waals surface area contributed by atoms with E-state index in [1.807, 2.05) is 32.4 Å². The summed E-state index contributed by atoms with van der Waals surface area (Å²) in [5.74, 6) is -0.206. The Kier molecular flexibility index (Phi) is 3.73. The van der Waals surface area contributed by atoms with E-state index in [2.05, 4.69) is 20.6 Å². The molecule has 8 nitrogen and oxygen atoms in total. The van der Waals surface area contributed by atoms with Gasteiger partial charge in [0.05, 0.1) is 5.69 Å². The molecule has 0 spiro atoms. The third-order valence-electron chi connectivity index (χ3n) is 3.28. The van der Waals surface area contributed by atoms with E-state index in [-0.39, 0.29) is 5.91 Å². The van der Waals surface area contributed by atoms with Crippen LogP contribution in [0.25, 0.3) is 0 Å². The van der Waals surface area contributed by atoms with Crippen molar-refractivity contribution in [3.05, 3.63) is 53.9 Å². The first-order chi connectivity index (χ1) is 10.6. The second-order valence-electron chi connectivity index (χ2n) is 5.02. The third kappa shape index (κ3) is 3.05. The molecule has 22 heavy (non-hydrogen) atoms. The molecule has 0 radical (unpaired) electrons. The zero-order valence-corrected chi connectivity index (χ0v) is 12.5. The van der Waals surface area contributed by atoms with Gasteiger partial charge in [0, 0.05) is 43.9 Å². The minimum Gasteiger partial charge on any atom is -0.346 e. The van der Waals surface area contributed by atoms with Gasteiger partial charge in [-0.1, -0.05) is 0 Å². The van der Waals surface area contributed by atoms with Crippen molar-refractivity contribution in [2.75, 3.05) is 0 Å². The maximum Gasteiger partial charge on any atom is 0.272 e. The Hall–Kier alpha value is -2.90. The molecule has 114 valence electrons. The SMILES string of the molecule is Cc1nn(C)cc1CNC(=O)c1ccn(Cn2cccn2)n1. The maximum absolute atomic E-state index is 12.1. The van der Waals surface area contributed by atoms with Crippen molar-refractivity contribution in [3.63, 3.8) is 0 Å². The average molecular weight is 299 g/mol. The summed E-state index contributed by atoms with van der Waals surface area (Å²) in [4.78, 5) is 12.1. The molecule has 0 aromatic carbocycles. The van der Waals surface area contributed by atoms with Crippen molar-refractivity contribution in [3.8, 4) is 0 Å². The number of nitrogens with one attached hydrogen (secondary N) is 1. The molecular weight excluding hydrogens is 282 g/mol. The van der Waals surface area contributed by atoms with E-state index in [4.69, 9.17) is 0 Å². The number of aryl methyl sites for hydroxylation is 2. The second-order valence-corrected chi connectivity index (χ2v) is 5.02. The zero-order chi connectivity index (χ0) is 15.5. The lowest BCUT2D eigenvalue weighted by atomic mass is 10.2. The van der Waals surface area contributed by atoms with Crippen LogP contribution in [0.15, 0.2) is 36.9 Å². The van der Waals surface area contributed by atoms with Gasteiger partial charge >= 0.3 is 0 Å². The highest BCUT2D eigenvalue weighted by molar-refractivity contribution is 5.92. The molecule has 3 aromatic rings. The molecule has 0 unspecified atom stereocenters. The van der Waals surface area contributed by atoms with Crippen LogP contribution in [0.4, 0.5) is 0 Å². The third-order valence-corrected chi connectivity index (χ3v) is 3.28. The Bertz CT molecular complexity index is 769. The smallest absolute Gasteiger partial charge is 0.272 e. The summed E-state index contributed by atoms with van der Waals surface area (Å²) in [6, 6.07) is 3.53. The maximum atomic E-state index is 12.1. The van der Waals surface area contributed by atoms with E-state index in [0.29, 0.717) is 18.9 Å². The van der Waals surface area contributed by atoms with E-state index >= 15 is 0 Å². The Morgan fingerprint density at radius 3 is 2.82 bits per heavy atom. The lowest BCUT2D eigenvalue weighted by molar-refractivity contribution is 0.0945. The molecular formula is C14H17N7O. The van der Waals surface area contributed by atoms with Crippen molar-refractivity contribution >= 4 is 5.91 Å². The summed E-state index contributed by atoms with van der Waals surface area (Å²) < 4.78 is 5.13. The largest absolute Gasteiger partial charge is 0.346 e. The van der Waals surface area contributed by atoms with E-state index < -0.39 is 0 Å². The monoisotopic (exact) mass is 299 g/mol. The summed E-state index contributed by atoms with van der Waals surface area (Å²) in [5, 5.41) is 15.4. The Labute approximate surface area is 127 Å². The lowest BCUT2D eigenvalue weighted by Crippen LogP contribution is -2.23. The predicted molar refractivity (Wildman–Crippen MR) is 79.0 cm³/mol. The van der Waals surface area contributed by atoms with Crippen LogP contribution < -0.4 is 5.32 Å². The van der Waals surface area contributed by atoms with Crippen molar-refractivity contribution in [1.29, 1.82) is 0 Å². The van der Waals surface area contributed by atoms with Crippen molar-refractivity contribution in [2.45, 2.75) is 20.1 Å². The molecule has 0 bridgehead atoms. The molecule has 0 aliphatic heterocycles. The standard InChI is InChI=1S/C14H17N7O/c1-11-12(9-19(2)17-11)8-15-14(22)13-4-7-21(18-13)10-20-6-3-5-16-20/h3-7,9H,8,10H2,1-2H3,(H,15,22). The van der Waals surface area contributed by atoms with Crippen molar-refractivity contribution in [2.24, 2.45) is 7.05 Å². The summed E-state index contributed by atoms with van der Waals surface area (Å²) in [6.45, 7) is 2.83. The first kappa shape index (κ1) is 14.1. The first-order valence-corrected chi connectivity index (χ1v) is 6.90. The highest BCUT2D eigenvalue weighted by atomic mass is 16.1. The lowest BCUT2D eigenvalue weighted by Gasteiger charge is -2.03. The van der Waals surface area contributed by atoms with Gasteiger partial charge in [0.15, 0.2) is 0 Å². The molecule has 0 aliphatic rings. The fraction of sp³-hybridized carbons (Fsp3) is 0.286. The van der Waals surface area contributed by atoms with Crippen LogP contribution in [-0.4, -0.2) is 35.2 Å². The molecule has 0 aliphatic carbocycles. The van der Waals surface area contributed by atoms with Gasteiger partial charge in [0.25, 0.3) is 5.91 Å². The highest BCUT2D eigenvalue weighted by Crippen LogP contribution is 2.04. The van der Waals surface area contributed by atoms with E-state index in [1.54, 1.807) is 32.5 Å². The molecule has 0 saturated heterocycles. The van der Waals surface area contributed by atoms with Crippen LogP contribution in [-0.2, 0) is 20.3 Å². The van der Waals surface area contributed by atoms with E-state index in [1.165, 1.54) is 0 Å². The summed E-state index contributed by atoms with van der Waals surface area (Å²) in [6.07, 6.45) is 7.19. The molecule has 0 atom stereocenters. The highest BCUT2D eigenvalue weighted by Gasteiger charge is 2.11. The van der Waals surface area contributed by atoms with Gasteiger partial charge in [-0.25, -0.2) is 0 Å². The fourth-order valence-corrected chi connectivity index (χ4v) is 2.18. The Balaban J connectivity index is 1.60. The fourth-order valence-electron chi connectivity index (χ4n) is 2.18. The van der Waals surface area contributed by atoms with E-state index in [9.17, 15) is 4.79 Å². The molecule has 3 heterocycles. The topological polar surface area (TPSA) is 82.6 Å². The number of hydrogen-bond donors (Lipinski definition) is 1. The normalized spacial score (nSPS) is 10.8. The van der Waals surface area contributed by atoms with Crippen LogP contribution >= 0.6 is 0 Å². The van der Waals surface area contributed by atoms with Crippen molar-refractivity contribution < 1.29 is 4.79 Å². The molecule has 0 fully saturated rings. The summed E-state index contributed by atoms with van der Waals surface area (Å²) in [5.41, 5.74) is 2.28. The molecule has 0 saturated carbocycles. The molecule has 1 amide bonds. The van der Waals surface area contributed by atoms with Crippen LogP contribution in [0.3, 0.4) is 0 Å². The number of carbonyl (C=O) groups is 1. The van der Waals surface area contributed by atoms with Gasteiger partial charge in [-0.05, 0) is 19.1 Å². The molecule has 3 aromatic heterocycles. The summed E-state index contributed by atoms with van der Waals surface area (Å²) in [7, 11) is 1.86. The van der Waals surface area contributed by atoms with Gasteiger partial charge in [-0.3, -0.25) is 18.8 Å². The van der Waals surface area contributed by atoms with Gasteiger partial charge in [0.2, 0.25) is 0 Å². The van der Waals surface area contributed by atoms with Crippen LogP contribution in [0, 0.1) is 6.92 Å². The number of aromatic nitrogens is 6. The Morgan fingerprint density at radius 1 is 1.27 bits per heavy atom. The predicted octanol–water partition coefficient (Wildman–Crippen LogP) is 0.557. The number of rotatable bonds is 5. The number of hydrogen-bond acceptors (Lipinski definition) is 4. The van der Waals surface area contributed by atoms with Gasteiger partial charge in [-0.15, -0.1) is 0 Å². The second kappa shape index (κ2) is 5.84. The Morgan fingerprint density at radius 2 is 2.14 bits per heavy atom. The minimum atomic E-state index is -0.206. The molecule has 3 rings (SSSR count). The first-order valence-electron chi connectivity index (χ1n) is 6.90. The van der Waals surface area contributed by atoms with Gasteiger partial charge < -0.3 is 5.32 Å². The van der Waals surface area contributed by atoms with E-state index in [0.717, 1.165) is 11.3 Å². The van der Waals surface area contributed by atoms with Crippen LogP contribution in [0.1, 0.15) is 21.7 Å². The molecule has 1 N–H and O–H groups in total. The van der Waals surface area contributed by atoms with Gasteiger partial charge in [-0.2, -0.15) is 15.3 Å².